The summed E-state index contributed by atoms with van der Waals surface area (Å²) < 4.78 is 29.6. The van der Waals surface area contributed by atoms with Gasteiger partial charge in [-0.25, -0.2) is 0 Å². The third-order valence-corrected chi connectivity index (χ3v) is 7.31. The second-order valence-corrected chi connectivity index (χ2v) is 10.1. The molecular weight excluding hydrogens is 530 g/mol. The average molecular weight is 540 g/mol. The summed E-state index contributed by atoms with van der Waals surface area (Å²) in [7, 11) is 47.4. The highest BCUT2D eigenvalue weighted by Gasteiger charge is 2.64. The van der Waals surface area contributed by atoms with E-state index < -0.39 is 62.9 Å². The number of carbonyl (C=O) groups is 4. The van der Waals surface area contributed by atoms with Gasteiger partial charge in [0.15, 0.2) is 0 Å². The molecule has 1 N–H and O–H groups in total. The number of hydrogen-bond donors (Lipinski definition) is 1. The molecule has 2 aromatic carbocycles. The van der Waals surface area contributed by atoms with Crippen molar-refractivity contribution in [3.63, 3.8) is 0 Å². The van der Waals surface area contributed by atoms with Gasteiger partial charge in [-0.05, 0) is 39.9 Å². The summed E-state index contributed by atoms with van der Waals surface area (Å²) in [6, 6.07) is 7.87. The zero-order chi connectivity index (χ0) is 30.2. The smallest absolute Gasteiger partial charge is 0.349 e. The number of benzene rings is 2. The van der Waals surface area contributed by atoms with E-state index in [0.29, 0.717) is 4.90 Å². The van der Waals surface area contributed by atoms with Crippen molar-refractivity contribution in [3.05, 3.63) is 69.7 Å². The fourth-order valence-corrected chi connectivity index (χ4v) is 4.60. The molecule has 1 fully saturated rings. The van der Waals surface area contributed by atoms with Crippen LogP contribution in [-0.2, 0) is 32.2 Å². The highest BCUT2D eigenvalue weighted by molar-refractivity contribution is 6.68. The lowest BCUT2D eigenvalue weighted by atomic mass is 9.21. The van der Waals surface area contributed by atoms with Crippen molar-refractivity contribution < 1.29 is 28.0 Å². The minimum Gasteiger partial charge on any atom is -0.358 e. The Kier molecular flexibility index (Phi) is 7.06. The maximum atomic E-state index is 14.8. The summed E-state index contributed by atoms with van der Waals surface area (Å²) in [5.74, 6) is -9.48. The number of nitrogens with one attached hydrogen (secondary N) is 1. The Morgan fingerprint density at radius 3 is 2.05 bits per heavy atom. The second kappa shape index (κ2) is 9.36. The van der Waals surface area contributed by atoms with Crippen molar-refractivity contribution in [3.8, 4) is 0 Å². The van der Waals surface area contributed by atoms with Crippen LogP contribution in [0, 0.1) is 0 Å². The Morgan fingerprint density at radius 2 is 1.48 bits per heavy atom. The number of alkyl halides is 2. The van der Waals surface area contributed by atoms with Gasteiger partial charge in [-0.3, -0.25) is 19.2 Å². The number of fused-ring (bicyclic) bond motifs is 1. The molecule has 0 unspecified atom stereocenters. The molecule has 40 heavy (non-hydrogen) atoms. The molecule has 2 aromatic rings. The molecule has 0 aromatic heterocycles. The van der Waals surface area contributed by atoms with Crippen LogP contribution in [0.3, 0.4) is 0 Å². The molecule has 0 bridgehead atoms. The first-order valence-electron chi connectivity index (χ1n) is 11.3. The number of carbonyl (C=O) groups excluding carboxylic acids is 4. The van der Waals surface area contributed by atoms with Gasteiger partial charge in [0, 0.05) is 22.7 Å². The van der Waals surface area contributed by atoms with E-state index in [0.717, 1.165) is 12.1 Å². The fraction of sp³-hybridized carbons (Fsp3) is 0.273. The van der Waals surface area contributed by atoms with Crippen LogP contribution in [0.15, 0.2) is 42.5 Å². The van der Waals surface area contributed by atoms with Gasteiger partial charge < -0.3 is 15.0 Å². The normalized spacial score (nSPS) is 22.2. The first-order chi connectivity index (χ1) is 18.2. The summed E-state index contributed by atoms with van der Waals surface area (Å²) in [6.45, 7) is -0.483. The minimum atomic E-state index is -4.04. The lowest BCUT2D eigenvalue weighted by Crippen LogP contribution is -2.75. The van der Waals surface area contributed by atoms with Crippen LogP contribution in [-0.4, -0.2) is 102 Å². The Labute approximate surface area is 244 Å². The van der Waals surface area contributed by atoms with Crippen LogP contribution in [0.4, 0.5) is 8.78 Å². The van der Waals surface area contributed by atoms with Crippen LogP contribution in [0.5, 0.6) is 0 Å². The number of hydrogen-bond acceptors (Lipinski definition) is 4. The van der Waals surface area contributed by atoms with Crippen LogP contribution >= 0.6 is 11.6 Å². The van der Waals surface area contributed by atoms with Gasteiger partial charge in [0.2, 0.25) is 19.8 Å². The molecule has 16 radical (unpaired) electrons. The maximum Gasteiger partial charge on any atom is 0.349 e. The largest absolute Gasteiger partial charge is 0.358 e. The number of nitrogens with zero attached hydrogens (tertiary/aromatic N) is 2. The predicted molar refractivity (Wildman–Crippen MR) is 147 cm³/mol. The van der Waals surface area contributed by atoms with Crippen molar-refractivity contribution in [2.45, 2.75) is 33.7 Å². The summed E-state index contributed by atoms with van der Waals surface area (Å²) >= 11 is 5.71. The molecule has 4 rings (SSSR count). The zero-order valence-corrected chi connectivity index (χ0v) is 21.3. The van der Waals surface area contributed by atoms with Crippen LogP contribution < -0.4 is 5.32 Å². The summed E-state index contributed by atoms with van der Waals surface area (Å²) in [4.78, 5) is 51.9. The van der Waals surface area contributed by atoms with Gasteiger partial charge in [-0.15, -0.1) is 0 Å². The molecule has 18 heteroatoms. The average Bonchev–Trinajstić information content (AvgIpc) is 3.22. The van der Waals surface area contributed by atoms with Crippen LogP contribution in [0.25, 0.3) is 0 Å². The lowest BCUT2D eigenvalue weighted by molar-refractivity contribution is -0.149. The minimum absolute atomic E-state index is 0.0147. The number of piperidine rings is 1. The van der Waals surface area contributed by atoms with Gasteiger partial charge in [0.1, 0.15) is 7.85 Å². The predicted octanol–water partition coefficient (Wildman–Crippen LogP) is -1.13. The highest BCUT2D eigenvalue weighted by atomic mass is 35.5. The van der Waals surface area contributed by atoms with E-state index in [1.807, 2.05) is 5.32 Å². The summed E-state index contributed by atoms with van der Waals surface area (Å²) in [5.41, 5.74) is -3.44. The SMILES string of the molecule is [B]N1C(=O)C([B])([B])C([B])([B])[C@@]([B])(N2Cc3cc(C([B])([B])NC(=O)C(F)(F)c4ccc(Cl)cc4)ccc3C2=O)C1=O. The van der Waals surface area contributed by atoms with E-state index in [-0.39, 0.29) is 26.5 Å². The van der Waals surface area contributed by atoms with E-state index in [4.69, 9.17) is 74.5 Å². The summed E-state index contributed by atoms with van der Waals surface area (Å²) in [5, 5.41) is -5.72. The number of halogens is 3. The maximum absolute atomic E-state index is 14.8. The second-order valence-electron chi connectivity index (χ2n) is 9.65. The van der Waals surface area contributed by atoms with Crippen molar-refractivity contribution >= 4 is 98.1 Å². The topological polar surface area (TPSA) is 86.8 Å². The molecule has 0 spiro atoms. The van der Waals surface area contributed by atoms with Crippen LogP contribution in [0.2, 0.25) is 15.5 Å². The standard InChI is InChI=1S/C22H10B8ClF2N3O4/c23-19(24)16(39)36(30)17(40)20(25,22(19,28)29)35-8-9-7-11(3-6-13(9)14(35)37)21(26,27)34-15(38)18(32,33)10-1-4-12(31)5-2-10/h1-7H,8H2,(H,34,38)/t20-/m0/s1. The Hall–Kier alpha value is -2.81. The quantitative estimate of drug-likeness (QED) is 0.385. The molecule has 1 saturated heterocycles. The molecule has 2 heterocycles. The van der Waals surface area contributed by atoms with Crippen molar-refractivity contribution in [1.82, 2.24) is 15.0 Å². The van der Waals surface area contributed by atoms with Gasteiger partial charge in [0.05, 0.1) is 52.5 Å². The van der Waals surface area contributed by atoms with E-state index in [2.05, 4.69) is 0 Å². The monoisotopic (exact) mass is 541 g/mol. The fourth-order valence-electron chi connectivity index (χ4n) is 4.47. The van der Waals surface area contributed by atoms with E-state index in [1.54, 1.807) is 0 Å². The first-order valence-corrected chi connectivity index (χ1v) is 11.7. The van der Waals surface area contributed by atoms with Gasteiger partial charge in [-0.1, -0.05) is 41.1 Å². The molecule has 4 amide bonds. The van der Waals surface area contributed by atoms with Crippen molar-refractivity contribution in [2.24, 2.45) is 0 Å². The number of amides is 4. The molecule has 2 aliphatic heterocycles. The molecule has 0 aliphatic carbocycles. The van der Waals surface area contributed by atoms with E-state index in [9.17, 15) is 28.0 Å². The Balaban J connectivity index is 1.65. The molecular formula is C22H10B8ClF2N3O4. The van der Waals surface area contributed by atoms with Gasteiger partial charge in [-0.2, -0.15) is 8.78 Å². The summed E-state index contributed by atoms with van der Waals surface area (Å²) in [6.07, 6.45) is 0. The van der Waals surface area contributed by atoms with Crippen molar-refractivity contribution in [2.75, 3.05) is 0 Å². The number of rotatable bonds is 5. The van der Waals surface area contributed by atoms with Crippen LogP contribution in [0.1, 0.15) is 27.0 Å². The third kappa shape index (κ3) is 4.18. The molecule has 2 aliphatic rings. The Bertz CT molecular complexity index is 1460. The molecule has 182 valence electrons. The van der Waals surface area contributed by atoms with E-state index >= 15 is 0 Å². The van der Waals surface area contributed by atoms with E-state index in [1.165, 1.54) is 30.3 Å². The third-order valence-electron chi connectivity index (χ3n) is 7.06. The molecule has 0 saturated carbocycles. The van der Waals surface area contributed by atoms with Gasteiger partial charge >= 0.3 is 5.92 Å². The Morgan fingerprint density at radius 1 is 0.925 bits per heavy atom. The van der Waals surface area contributed by atoms with Gasteiger partial charge in [0.25, 0.3) is 11.8 Å². The lowest BCUT2D eigenvalue weighted by Gasteiger charge is -2.62. The first kappa shape index (κ1) is 30.2. The zero-order valence-electron chi connectivity index (χ0n) is 20.5. The molecule has 1 atom stereocenters. The number of imide groups is 1. The van der Waals surface area contributed by atoms with Crippen molar-refractivity contribution in [1.29, 1.82) is 0 Å². The highest BCUT2D eigenvalue weighted by Crippen LogP contribution is 2.57. The molecule has 7 nitrogen and oxygen atoms in total.